The van der Waals surface area contributed by atoms with Crippen molar-refractivity contribution in [2.75, 3.05) is 18.1 Å². The molecule has 1 N–H and O–H groups in total. The van der Waals surface area contributed by atoms with Gasteiger partial charge in [0.25, 0.3) is 0 Å². The van der Waals surface area contributed by atoms with Gasteiger partial charge in [-0.3, -0.25) is 0 Å². The second-order valence-corrected chi connectivity index (χ2v) is 10.2. The quantitative estimate of drug-likeness (QED) is 0.677. The van der Waals surface area contributed by atoms with Gasteiger partial charge < -0.3 is 14.7 Å². The molecule has 7 heteroatoms. The van der Waals surface area contributed by atoms with Crippen LogP contribution in [0.5, 0.6) is 0 Å². The number of morpholine rings is 1. The van der Waals surface area contributed by atoms with E-state index < -0.39 is 5.60 Å². The number of aromatic nitrogens is 4. The Morgan fingerprint density at radius 2 is 1.88 bits per heavy atom. The number of benzene rings is 1. The molecule has 2 saturated heterocycles. The van der Waals surface area contributed by atoms with Gasteiger partial charge in [0.1, 0.15) is 11.6 Å². The van der Waals surface area contributed by atoms with E-state index in [1.54, 1.807) is 0 Å². The maximum atomic E-state index is 10.4. The maximum absolute atomic E-state index is 10.4. The summed E-state index contributed by atoms with van der Waals surface area (Å²) in [5, 5.41) is 16.2. The largest absolute Gasteiger partial charge is 0.390 e. The van der Waals surface area contributed by atoms with Crippen LogP contribution in [-0.4, -0.2) is 55.8 Å². The molecule has 3 aromatic rings. The first-order valence-corrected chi connectivity index (χ1v) is 11.8. The van der Waals surface area contributed by atoms with E-state index in [-0.39, 0.29) is 0 Å². The molecule has 3 aliphatic rings. The number of rotatable bonds is 3. The van der Waals surface area contributed by atoms with E-state index in [9.17, 15) is 5.11 Å². The van der Waals surface area contributed by atoms with Crippen molar-refractivity contribution < 1.29 is 9.84 Å². The Morgan fingerprint density at radius 1 is 1.09 bits per heavy atom. The topological polar surface area (TPSA) is 76.3 Å². The van der Waals surface area contributed by atoms with Crippen molar-refractivity contribution in [2.45, 2.75) is 76.5 Å². The third kappa shape index (κ3) is 3.39. The number of hydrogen-bond donors (Lipinski definition) is 1. The first-order chi connectivity index (χ1) is 15.4. The van der Waals surface area contributed by atoms with Crippen molar-refractivity contribution in [3.8, 4) is 5.82 Å². The summed E-state index contributed by atoms with van der Waals surface area (Å²) in [5.74, 6) is 3.01. The zero-order chi connectivity index (χ0) is 22.0. The molecule has 0 amide bonds. The fraction of sp³-hybridized carbons (Fsp3) is 0.560. The number of ether oxygens (including phenoxy) is 1. The Bertz CT molecular complexity index is 1180. The molecule has 2 aliphatic heterocycles. The molecule has 6 rings (SSSR count). The molecule has 168 valence electrons. The molecule has 1 aliphatic carbocycles. The van der Waals surface area contributed by atoms with Gasteiger partial charge in [-0.15, -0.1) is 0 Å². The second kappa shape index (κ2) is 7.25. The Labute approximate surface area is 188 Å². The van der Waals surface area contributed by atoms with Gasteiger partial charge in [0.05, 0.1) is 36.1 Å². The molecule has 4 heterocycles. The van der Waals surface area contributed by atoms with Crippen LogP contribution in [0.1, 0.15) is 61.9 Å². The summed E-state index contributed by atoms with van der Waals surface area (Å²) in [6.45, 7) is 7.78. The van der Waals surface area contributed by atoms with Crippen molar-refractivity contribution in [3.05, 3.63) is 41.3 Å². The van der Waals surface area contributed by atoms with Crippen molar-refractivity contribution in [2.24, 2.45) is 0 Å². The van der Waals surface area contributed by atoms with E-state index in [4.69, 9.17) is 19.8 Å². The molecular formula is C25H31N5O2. The summed E-state index contributed by atoms with van der Waals surface area (Å²) in [6.07, 6.45) is 7.08. The predicted octanol–water partition coefficient (Wildman–Crippen LogP) is 3.82. The summed E-state index contributed by atoms with van der Waals surface area (Å²) in [7, 11) is 0. The summed E-state index contributed by atoms with van der Waals surface area (Å²) in [4.78, 5) is 11.8. The molecule has 0 radical (unpaired) electrons. The van der Waals surface area contributed by atoms with Gasteiger partial charge in [-0.05, 0) is 82.1 Å². The second-order valence-electron chi connectivity index (χ2n) is 10.2. The van der Waals surface area contributed by atoms with E-state index in [2.05, 4.69) is 30.0 Å². The van der Waals surface area contributed by atoms with Gasteiger partial charge in [0.15, 0.2) is 5.82 Å². The summed E-state index contributed by atoms with van der Waals surface area (Å²) >= 11 is 0. The van der Waals surface area contributed by atoms with E-state index >= 15 is 0 Å². The molecule has 3 fully saturated rings. The molecular weight excluding hydrogens is 402 g/mol. The minimum atomic E-state index is -0.523. The average molecular weight is 434 g/mol. The van der Waals surface area contributed by atoms with Crippen LogP contribution in [0, 0.1) is 13.8 Å². The Hall–Kier alpha value is -2.51. The third-order valence-electron chi connectivity index (χ3n) is 7.68. The number of aryl methyl sites for hydroxylation is 2. The first-order valence-electron chi connectivity index (χ1n) is 11.8. The van der Waals surface area contributed by atoms with Gasteiger partial charge in [-0.1, -0.05) is 0 Å². The molecule has 2 bridgehead atoms. The van der Waals surface area contributed by atoms with Crippen LogP contribution in [0.15, 0.2) is 24.4 Å². The van der Waals surface area contributed by atoms with Gasteiger partial charge in [0.2, 0.25) is 0 Å². The smallest absolute Gasteiger partial charge is 0.159 e. The highest BCUT2D eigenvalue weighted by atomic mass is 16.5. The number of anilines is 1. The van der Waals surface area contributed by atoms with Crippen molar-refractivity contribution in [1.29, 1.82) is 0 Å². The van der Waals surface area contributed by atoms with Crippen LogP contribution in [-0.2, 0) is 4.74 Å². The molecule has 32 heavy (non-hydrogen) atoms. The van der Waals surface area contributed by atoms with Crippen LogP contribution >= 0.6 is 0 Å². The standard InChI is InChI=1S/C25H31N5O2/c1-15-8-18-12-26-30(22(18)10-21(15)17-4-6-25(3,31)7-5-17)24-11-23(27-16(2)28-24)29-13-20-9-19(29)14-32-20/h8,10-12,17,19-20,31H,4-7,9,13-14H2,1-3H3/t17-,19-,20-,25+/m1/s1. The molecule has 1 aromatic carbocycles. The van der Waals surface area contributed by atoms with Gasteiger partial charge in [0, 0.05) is 18.0 Å². The normalized spacial score (nSPS) is 29.9. The van der Waals surface area contributed by atoms with Gasteiger partial charge in [-0.2, -0.15) is 5.10 Å². The number of aliphatic hydroxyl groups is 1. The highest BCUT2D eigenvalue weighted by Gasteiger charge is 2.40. The zero-order valence-corrected chi connectivity index (χ0v) is 19.1. The van der Waals surface area contributed by atoms with Crippen LogP contribution < -0.4 is 4.90 Å². The minimum Gasteiger partial charge on any atom is -0.390 e. The van der Waals surface area contributed by atoms with Crippen LogP contribution in [0.4, 0.5) is 5.82 Å². The molecule has 7 nitrogen and oxygen atoms in total. The number of hydrogen-bond acceptors (Lipinski definition) is 6. The van der Waals surface area contributed by atoms with E-state index in [1.165, 1.54) is 11.1 Å². The van der Waals surface area contributed by atoms with Crippen molar-refractivity contribution in [3.63, 3.8) is 0 Å². The monoisotopic (exact) mass is 433 g/mol. The molecule has 0 unspecified atom stereocenters. The summed E-state index contributed by atoms with van der Waals surface area (Å²) in [5.41, 5.74) is 3.23. The van der Waals surface area contributed by atoms with Gasteiger partial charge in [-0.25, -0.2) is 14.6 Å². The van der Waals surface area contributed by atoms with E-state index in [0.29, 0.717) is 18.1 Å². The predicted molar refractivity (Wildman–Crippen MR) is 123 cm³/mol. The van der Waals surface area contributed by atoms with Gasteiger partial charge >= 0.3 is 0 Å². The molecule has 2 atom stereocenters. The summed E-state index contributed by atoms with van der Waals surface area (Å²) < 4.78 is 7.73. The van der Waals surface area contributed by atoms with E-state index in [1.807, 2.05) is 24.7 Å². The fourth-order valence-corrected chi connectivity index (χ4v) is 5.85. The first kappa shape index (κ1) is 20.1. The molecule has 2 aromatic heterocycles. The Morgan fingerprint density at radius 3 is 2.59 bits per heavy atom. The molecule has 1 saturated carbocycles. The highest BCUT2D eigenvalue weighted by Crippen LogP contribution is 2.40. The lowest BCUT2D eigenvalue weighted by molar-refractivity contribution is 0.0171. The number of fused-ring (bicyclic) bond motifs is 3. The SMILES string of the molecule is Cc1nc(N2C[C@H]3C[C@@H]2CO3)cc(-n2ncc3cc(C)c([C@H]4CC[C@@](C)(O)CC4)cc32)n1. The van der Waals surface area contributed by atoms with Crippen LogP contribution in [0.2, 0.25) is 0 Å². The fourth-order valence-electron chi connectivity index (χ4n) is 5.85. The van der Waals surface area contributed by atoms with E-state index in [0.717, 1.165) is 73.6 Å². The lowest BCUT2D eigenvalue weighted by Crippen LogP contribution is -2.37. The summed E-state index contributed by atoms with van der Waals surface area (Å²) in [6, 6.07) is 7.02. The Balaban J connectivity index is 1.38. The third-order valence-corrected chi connectivity index (χ3v) is 7.68. The van der Waals surface area contributed by atoms with Crippen molar-refractivity contribution in [1.82, 2.24) is 19.7 Å². The van der Waals surface area contributed by atoms with Crippen LogP contribution in [0.25, 0.3) is 16.7 Å². The molecule has 0 spiro atoms. The lowest BCUT2D eigenvalue weighted by atomic mass is 9.76. The average Bonchev–Trinajstić information content (AvgIpc) is 3.48. The van der Waals surface area contributed by atoms with Crippen molar-refractivity contribution >= 4 is 16.7 Å². The zero-order valence-electron chi connectivity index (χ0n) is 19.1. The lowest BCUT2D eigenvalue weighted by Gasteiger charge is -2.34. The Kier molecular flexibility index (Phi) is 4.56. The minimum absolute atomic E-state index is 0.325. The highest BCUT2D eigenvalue weighted by molar-refractivity contribution is 5.82. The maximum Gasteiger partial charge on any atom is 0.159 e. The van der Waals surface area contributed by atoms with Crippen LogP contribution in [0.3, 0.4) is 0 Å². The number of nitrogens with zero attached hydrogens (tertiary/aromatic N) is 5.